The van der Waals surface area contributed by atoms with E-state index in [4.69, 9.17) is 0 Å². The molecule has 0 saturated carbocycles. The highest BCUT2D eigenvalue weighted by atomic mass is 127. The van der Waals surface area contributed by atoms with Crippen LogP contribution in [0.4, 0.5) is 0 Å². The fourth-order valence-corrected chi connectivity index (χ4v) is 4.77. The van der Waals surface area contributed by atoms with E-state index in [0.717, 1.165) is 18.3 Å². The van der Waals surface area contributed by atoms with Crippen molar-refractivity contribution in [2.45, 2.75) is 74.1 Å². The van der Waals surface area contributed by atoms with Gasteiger partial charge in [-0.05, 0) is 92.0 Å². The zero-order chi connectivity index (χ0) is 23.8. The zero-order valence-electron chi connectivity index (χ0n) is 21.5. The lowest BCUT2D eigenvalue weighted by Crippen LogP contribution is -2.18. The number of alkyl halides is 1. The Morgan fingerprint density at radius 1 is 0.906 bits per heavy atom. The van der Waals surface area contributed by atoms with E-state index in [0.29, 0.717) is 11.8 Å². The molecule has 0 N–H and O–H groups in total. The molecule has 0 fully saturated rings. The monoisotopic (exact) mass is 542 g/mol. The second-order valence-electron chi connectivity index (χ2n) is 10.2. The molecule has 2 aromatic rings. The molecule has 2 rings (SSSR count). The van der Waals surface area contributed by atoms with E-state index in [1.165, 1.54) is 49.8 Å². The van der Waals surface area contributed by atoms with Crippen LogP contribution in [0.2, 0.25) is 0 Å². The highest BCUT2D eigenvalue weighted by Crippen LogP contribution is 2.34. The number of rotatable bonds is 10. The molecule has 2 aromatic carbocycles. The number of hydrogen-bond donors (Lipinski definition) is 0. The molecule has 0 aliphatic heterocycles. The van der Waals surface area contributed by atoms with Gasteiger partial charge in [0.2, 0.25) is 0 Å². The summed E-state index contributed by atoms with van der Waals surface area (Å²) >= 11 is 2.52. The largest absolute Gasteiger partial charge is 0.0861 e. The van der Waals surface area contributed by atoms with Crippen molar-refractivity contribution in [2.24, 2.45) is 17.8 Å². The fourth-order valence-electron chi connectivity index (χ4n) is 4.41. The lowest BCUT2D eigenvalue weighted by Gasteiger charge is -2.28. The molecule has 0 amide bonds. The minimum Gasteiger partial charge on any atom is -0.0861 e. The standard InChI is InChI=1S/C31H43I/c1-21-10-14-29(15-11-21)24(4)12-9-22(2)18-31-19-30(16-13-25(31)5)28(8)27(7)26(6)17-23(3)20-32/h9-16,19,23,26-28H,17-18,20H2,1-8H3/b22-9+,24-12+/t23-,26-,27+,28+/m0/s1. The molecule has 0 saturated heterocycles. The first-order valence-corrected chi connectivity index (χ1v) is 13.7. The average molecular weight is 543 g/mol. The van der Waals surface area contributed by atoms with Crippen molar-refractivity contribution in [3.63, 3.8) is 0 Å². The summed E-state index contributed by atoms with van der Waals surface area (Å²) in [5.74, 6) is 2.82. The van der Waals surface area contributed by atoms with E-state index in [-0.39, 0.29) is 0 Å². The minimum atomic E-state index is 0.582. The second-order valence-corrected chi connectivity index (χ2v) is 11.1. The molecule has 174 valence electrons. The van der Waals surface area contributed by atoms with Crippen molar-refractivity contribution in [3.8, 4) is 0 Å². The van der Waals surface area contributed by atoms with Crippen LogP contribution in [0.1, 0.15) is 81.7 Å². The Kier molecular flexibility index (Phi) is 10.7. The molecule has 0 bridgehead atoms. The van der Waals surface area contributed by atoms with Crippen LogP contribution in [-0.4, -0.2) is 4.43 Å². The van der Waals surface area contributed by atoms with Crippen LogP contribution in [0.15, 0.2) is 60.2 Å². The summed E-state index contributed by atoms with van der Waals surface area (Å²) in [7, 11) is 0. The van der Waals surface area contributed by atoms with Gasteiger partial charge in [-0.2, -0.15) is 0 Å². The molecule has 0 heterocycles. The van der Waals surface area contributed by atoms with Gasteiger partial charge in [-0.1, -0.05) is 116 Å². The first kappa shape index (κ1) is 26.9. The molecular weight excluding hydrogens is 499 g/mol. The van der Waals surface area contributed by atoms with E-state index in [9.17, 15) is 0 Å². The SMILES string of the molecule is C/C(=C\C=C(/C)c1ccc(C)cc1)Cc1cc([C@H](C)[C@H](C)[C@@H](C)C[C@H](C)CI)ccc1C. The van der Waals surface area contributed by atoms with Gasteiger partial charge in [-0.25, -0.2) is 0 Å². The number of hydrogen-bond acceptors (Lipinski definition) is 0. The van der Waals surface area contributed by atoms with E-state index < -0.39 is 0 Å². The number of allylic oxidation sites excluding steroid dienone is 4. The van der Waals surface area contributed by atoms with Crippen LogP contribution in [-0.2, 0) is 6.42 Å². The Morgan fingerprint density at radius 2 is 1.56 bits per heavy atom. The average Bonchev–Trinajstić information content (AvgIpc) is 2.78. The second kappa shape index (κ2) is 12.8. The maximum atomic E-state index is 2.52. The van der Waals surface area contributed by atoms with Crippen LogP contribution in [0, 0.1) is 31.6 Å². The zero-order valence-corrected chi connectivity index (χ0v) is 23.7. The maximum absolute atomic E-state index is 2.52. The van der Waals surface area contributed by atoms with Gasteiger partial charge in [0.05, 0.1) is 0 Å². The summed E-state index contributed by atoms with van der Waals surface area (Å²) in [6.07, 6.45) is 6.89. The molecule has 0 aromatic heterocycles. The van der Waals surface area contributed by atoms with Gasteiger partial charge in [0.15, 0.2) is 0 Å². The molecule has 0 aliphatic rings. The molecule has 0 unspecified atom stereocenters. The van der Waals surface area contributed by atoms with Gasteiger partial charge in [-0.3, -0.25) is 0 Å². The Morgan fingerprint density at radius 3 is 2.19 bits per heavy atom. The maximum Gasteiger partial charge on any atom is 0.00211 e. The van der Waals surface area contributed by atoms with Crippen molar-refractivity contribution >= 4 is 28.2 Å². The summed E-state index contributed by atoms with van der Waals surface area (Å²) in [6, 6.07) is 15.9. The van der Waals surface area contributed by atoms with Gasteiger partial charge < -0.3 is 0 Å². The smallest absolute Gasteiger partial charge is 0.00211 e. The number of halogens is 1. The Labute approximate surface area is 211 Å². The van der Waals surface area contributed by atoms with Crippen molar-refractivity contribution in [3.05, 3.63) is 88.0 Å². The predicted molar refractivity (Wildman–Crippen MR) is 153 cm³/mol. The summed E-state index contributed by atoms with van der Waals surface area (Å²) in [5.41, 5.74) is 9.67. The van der Waals surface area contributed by atoms with Crippen LogP contribution in [0.25, 0.3) is 5.57 Å². The topological polar surface area (TPSA) is 0 Å². The van der Waals surface area contributed by atoms with Crippen molar-refractivity contribution < 1.29 is 0 Å². The lowest BCUT2D eigenvalue weighted by atomic mass is 9.77. The van der Waals surface area contributed by atoms with Crippen molar-refractivity contribution in [2.75, 3.05) is 4.43 Å². The number of aryl methyl sites for hydroxylation is 2. The predicted octanol–water partition coefficient (Wildman–Crippen LogP) is 9.73. The summed E-state index contributed by atoms with van der Waals surface area (Å²) in [5, 5.41) is 0. The lowest BCUT2D eigenvalue weighted by molar-refractivity contribution is 0.292. The molecule has 4 atom stereocenters. The quantitative estimate of drug-likeness (QED) is 0.159. The van der Waals surface area contributed by atoms with Crippen LogP contribution in [0.5, 0.6) is 0 Å². The Hall–Kier alpha value is -1.35. The summed E-state index contributed by atoms with van der Waals surface area (Å²) in [4.78, 5) is 0. The van der Waals surface area contributed by atoms with E-state index >= 15 is 0 Å². The Bertz CT molecular complexity index is 916. The van der Waals surface area contributed by atoms with Gasteiger partial charge in [0.25, 0.3) is 0 Å². The highest BCUT2D eigenvalue weighted by molar-refractivity contribution is 14.1. The third kappa shape index (κ3) is 7.90. The highest BCUT2D eigenvalue weighted by Gasteiger charge is 2.22. The van der Waals surface area contributed by atoms with Gasteiger partial charge >= 0.3 is 0 Å². The first-order chi connectivity index (χ1) is 15.1. The molecule has 0 radical (unpaired) electrons. The molecular formula is C31H43I. The van der Waals surface area contributed by atoms with Crippen molar-refractivity contribution in [1.82, 2.24) is 0 Å². The summed E-state index contributed by atoms with van der Waals surface area (Å²) in [6.45, 7) is 18.5. The minimum absolute atomic E-state index is 0.582. The normalized spacial score (nSPS) is 16.5. The van der Waals surface area contributed by atoms with E-state index in [1.54, 1.807) is 0 Å². The van der Waals surface area contributed by atoms with Crippen molar-refractivity contribution in [1.29, 1.82) is 0 Å². The fraction of sp³-hybridized carbons (Fsp3) is 0.484. The Balaban J connectivity index is 2.13. The summed E-state index contributed by atoms with van der Waals surface area (Å²) < 4.78 is 1.25. The van der Waals surface area contributed by atoms with Gasteiger partial charge in [0.1, 0.15) is 0 Å². The van der Waals surface area contributed by atoms with E-state index in [1.807, 2.05) is 0 Å². The van der Waals surface area contributed by atoms with Crippen LogP contribution in [0.3, 0.4) is 0 Å². The molecule has 0 aliphatic carbocycles. The van der Waals surface area contributed by atoms with Gasteiger partial charge in [0, 0.05) is 4.43 Å². The first-order valence-electron chi connectivity index (χ1n) is 12.2. The van der Waals surface area contributed by atoms with E-state index in [2.05, 4.69) is 133 Å². The molecule has 32 heavy (non-hydrogen) atoms. The van der Waals surface area contributed by atoms with Crippen LogP contribution >= 0.6 is 22.6 Å². The van der Waals surface area contributed by atoms with Gasteiger partial charge in [-0.15, -0.1) is 0 Å². The third-order valence-corrected chi connectivity index (χ3v) is 8.72. The molecule has 0 spiro atoms. The third-order valence-electron chi connectivity index (χ3n) is 7.22. The number of benzene rings is 2. The van der Waals surface area contributed by atoms with Crippen LogP contribution < -0.4 is 0 Å². The molecule has 0 nitrogen and oxygen atoms in total. The molecule has 1 heteroatoms.